The SMILES string of the molecule is Cc1ccc(S(=O)(=O)NCC2(CO)CCCC2)cc1N. The van der Waals surface area contributed by atoms with E-state index in [1.807, 2.05) is 6.92 Å². The molecule has 0 atom stereocenters. The van der Waals surface area contributed by atoms with Crippen molar-refractivity contribution < 1.29 is 13.5 Å². The maximum Gasteiger partial charge on any atom is 0.240 e. The molecule has 0 aromatic heterocycles. The highest BCUT2D eigenvalue weighted by molar-refractivity contribution is 7.89. The van der Waals surface area contributed by atoms with Crippen molar-refractivity contribution in [1.82, 2.24) is 4.72 Å². The molecule has 112 valence electrons. The van der Waals surface area contributed by atoms with Gasteiger partial charge in [0.1, 0.15) is 0 Å². The lowest BCUT2D eigenvalue weighted by atomic mass is 9.88. The molecule has 6 heteroatoms. The first-order valence-corrected chi connectivity index (χ1v) is 8.34. The number of anilines is 1. The summed E-state index contributed by atoms with van der Waals surface area (Å²) in [5, 5.41) is 9.51. The summed E-state index contributed by atoms with van der Waals surface area (Å²) in [5.41, 5.74) is 6.77. The predicted molar refractivity (Wildman–Crippen MR) is 78.8 cm³/mol. The molecule has 1 aliphatic carbocycles. The molecule has 20 heavy (non-hydrogen) atoms. The molecular formula is C14H22N2O3S. The molecule has 5 nitrogen and oxygen atoms in total. The fraction of sp³-hybridized carbons (Fsp3) is 0.571. The molecule has 0 saturated heterocycles. The molecule has 0 unspecified atom stereocenters. The summed E-state index contributed by atoms with van der Waals surface area (Å²) in [6.07, 6.45) is 3.81. The van der Waals surface area contributed by atoms with E-state index in [1.165, 1.54) is 6.07 Å². The summed E-state index contributed by atoms with van der Waals surface area (Å²) in [5.74, 6) is 0. The zero-order valence-electron chi connectivity index (χ0n) is 11.7. The normalized spacial score (nSPS) is 18.3. The fourth-order valence-corrected chi connectivity index (χ4v) is 3.83. The van der Waals surface area contributed by atoms with Crippen LogP contribution in [-0.4, -0.2) is 26.7 Å². The van der Waals surface area contributed by atoms with E-state index in [9.17, 15) is 13.5 Å². The van der Waals surface area contributed by atoms with E-state index >= 15 is 0 Å². The van der Waals surface area contributed by atoms with Gasteiger partial charge in [0, 0.05) is 24.3 Å². The zero-order chi connectivity index (χ0) is 14.8. The zero-order valence-corrected chi connectivity index (χ0v) is 12.5. The van der Waals surface area contributed by atoms with Crippen molar-refractivity contribution in [2.75, 3.05) is 18.9 Å². The molecule has 0 radical (unpaired) electrons. The van der Waals surface area contributed by atoms with E-state index in [2.05, 4.69) is 4.72 Å². The van der Waals surface area contributed by atoms with Crippen LogP contribution < -0.4 is 10.5 Å². The van der Waals surface area contributed by atoms with Crippen LogP contribution in [0, 0.1) is 12.3 Å². The van der Waals surface area contributed by atoms with Gasteiger partial charge in [-0.25, -0.2) is 13.1 Å². The van der Waals surface area contributed by atoms with Crippen molar-refractivity contribution in [3.05, 3.63) is 23.8 Å². The number of aryl methyl sites for hydroxylation is 1. The highest BCUT2D eigenvalue weighted by atomic mass is 32.2. The van der Waals surface area contributed by atoms with Crippen LogP contribution in [0.5, 0.6) is 0 Å². The van der Waals surface area contributed by atoms with E-state index in [4.69, 9.17) is 5.73 Å². The highest BCUT2D eigenvalue weighted by Gasteiger charge is 2.34. The average molecular weight is 298 g/mol. The minimum atomic E-state index is -3.58. The Bertz CT molecular complexity index is 578. The molecule has 1 fully saturated rings. The summed E-state index contributed by atoms with van der Waals surface area (Å²) >= 11 is 0. The summed E-state index contributed by atoms with van der Waals surface area (Å²) < 4.78 is 27.1. The highest BCUT2D eigenvalue weighted by Crippen LogP contribution is 2.37. The molecule has 1 saturated carbocycles. The van der Waals surface area contributed by atoms with Crippen LogP contribution in [0.4, 0.5) is 5.69 Å². The van der Waals surface area contributed by atoms with E-state index < -0.39 is 10.0 Å². The quantitative estimate of drug-likeness (QED) is 0.717. The molecule has 1 aliphatic rings. The van der Waals surface area contributed by atoms with E-state index in [0.29, 0.717) is 5.69 Å². The lowest BCUT2D eigenvalue weighted by molar-refractivity contribution is 0.134. The van der Waals surface area contributed by atoms with Crippen molar-refractivity contribution >= 4 is 15.7 Å². The number of hydrogen-bond acceptors (Lipinski definition) is 4. The Balaban J connectivity index is 2.13. The molecule has 1 aromatic rings. The van der Waals surface area contributed by atoms with Crippen LogP contribution in [0.15, 0.2) is 23.1 Å². The largest absolute Gasteiger partial charge is 0.398 e. The molecule has 0 heterocycles. The first-order valence-electron chi connectivity index (χ1n) is 6.85. The number of aliphatic hydroxyl groups is 1. The number of nitrogen functional groups attached to an aromatic ring is 1. The smallest absolute Gasteiger partial charge is 0.240 e. The van der Waals surface area contributed by atoms with Gasteiger partial charge in [-0.2, -0.15) is 0 Å². The summed E-state index contributed by atoms with van der Waals surface area (Å²) in [7, 11) is -3.58. The number of nitrogens with one attached hydrogen (secondary N) is 1. The Kier molecular flexibility index (Phi) is 4.36. The predicted octanol–water partition coefficient (Wildman–Crippen LogP) is 1.41. The molecule has 4 N–H and O–H groups in total. The first-order chi connectivity index (χ1) is 9.38. The second-order valence-corrected chi connectivity index (χ2v) is 7.48. The van der Waals surface area contributed by atoms with Crippen LogP contribution in [-0.2, 0) is 10.0 Å². The second-order valence-electron chi connectivity index (χ2n) is 5.71. The molecule has 0 aliphatic heterocycles. The van der Waals surface area contributed by atoms with Gasteiger partial charge in [0.05, 0.1) is 4.90 Å². The van der Waals surface area contributed by atoms with Crippen LogP contribution >= 0.6 is 0 Å². The molecule has 2 rings (SSSR count). The first kappa shape index (κ1) is 15.3. The van der Waals surface area contributed by atoms with Crippen LogP contribution in [0.25, 0.3) is 0 Å². The third-order valence-electron chi connectivity index (χ3n) is 4.20. The van der Waals surface area contributed by atoms with Gasteiger partial charge >= 0.3 is 0 Å². The lowest BCUT2D eigenvalue weighted by Crippen LogP contribution is -2.38. The maximum atomic E-state index is 12.3. The minimum absolute atomic E-state index is 0.0194. The number of aliphatic hydroxyl groups excluding tert-OH is 1. The van der Waals surface area contributed by atoms with Gasteiger partial charge in [-0.15, -0.1) is 0 Å². The summed E-state index contributed by atoms with van der Waals surface area (Å²) in [6, 6.07) is 4.72. The fourth-order valence-electron chi connectivity index (χ4n) is 2.63. The number of benzene rings is 1. The third-order valence-corrected chi connectivity index (χ3v) is 5.60. The van der Waals surface area contributed by atoms with Gasteiger partial charge in [0.15, 0.2) is 0 Å². The van der Waals surface area contributed by atoms with Crippen LogP contribution in [0.2, 0.25) is 0 Å². The minimum Gasteiger partial charge on any atom is -0.398 e. The van der Waals surface area contributed by atoms with Gasteiger partial charge in [-0.05, 0) is 37.5 Å². The van der Waals surface area contributed by atoms with Crippen molar-refractivity contribution in [2.24, 2.45) is 5.41 Å². The Morgan fingerprint density at radius 3 is 2.55 bits per heavy atom. The number of rotatable bonds is 5. The van der Waals surface area contributed by atoms with Gasteiger partial charge in [0.2, 0.25) is 10.0 Å². The Morgan fingerprint density at radius 1 is 1.35 bits per heavy atom. The number of hydrogen-bond donors (Lipinski definition) is 3. The topological polar surface area (TPSA) is 92.4 Å². The molecule has 0 spiro atoms. The Hall–Kier alpha value is -1.11. The standard InChI is InChI=1S/C14H22N2O3S/c1-11-4-5-12(8-13(11)15)20(18,19)16-9-14(10-17)6-2-3-7-14/h4-5,8,16-17H,2-3,6-7,9-10,15H2,1H3. The van der Waals surface area contributed by atoms with Crippen molar-refractivity contribution in [1.29, 1.82) is 0 Å². The second kappa shape index (κ2) is 5.71. The molecule has 1 aromatic carbocycles. The van der Waals surface area contributed by atoms with Crippen molar-refractivity contribution in [3.8, 4) is 0 Å². The molecule has 0 amide bonds. The number of sulfonamides is 1. The number of nitrogens with two attached hydrogens (primary N) is 1. The maximum absolute atomic E-state index is 12.3. The molecular weight excluding hydrogens is 276 g/mol. The Labute approximate surface area is 120 Å². The molecule has 0 bridgehead atoms. The van der Waals surface area contributed by atoms with Crippen LogP contribution in [0.3, 0.4) is 0 Å². The van der Waals surface area contributed by atoms with Crippen molar-refractivity contribution in [3.63, 3.8) is 0 Å². The average Bonchev–Trinajstić information content (AvgIpc) is 2.89. The van der Waals surface area contributed by atoms with Gasteiger partial charge in [0.25, 0.3) is 0 Å². The monoisotopic (exact) mass is 298 g/mol. The van der Waals surface area contributed by atoms with Gasteiger partial charge in [-0.3, -0.25) is 0 Å². The van der Waals surface area contributed by atoms with E-state index in [1.54, 1.807) is 12.1 Å². The van der Waals surface area contributed by atoms with Crippen molar-refractivity contribution in [2.45, 2.75) is 37.5 Å². The van der Waals surface area contributed by atoms with Crippen LogP contribution in [0.1, 0.15) is 31.2 Å². The van der Waals surface area contributed by atoms with Gasteiger partial charge in [-0.1, -0.05) is 18.9 Å². The van der Waals surface area contributed by atoms with E-state index in [-0.39, 0.29) is 23.5 Å². The van der Waals surface area contributed by atoms with E-state index in [0.717, 1.165) is 31.2 Å². The summed E-state index contributed by atoms with van der Waals surface area (Å²) in [4.78, 5) is 0.173. The third kappa shape index (κ3) is 3.13. The van der Waals surface area contributed by atoms with Gasteiger partial charge < -0.3 is 10.8 Å². The Morgan fingerprint density at radius 2 is 2.00 bits per heavy atom. The summed E-state index contributed by atoms with van der Waals surface area (Å²) in [6.45, 7) is 2.13. The lowest BCUT2D eigenvalue weighted by Gasteiger charge is -2.26.